The smallest absolute Gasteiger partial charge is 0.336 e. The maximum atomic E-state index is 13.7. The van der Waals surface area contributed by atoms with Crippen LogP contribution in [0.3, 0.4) is 0 Å². The molecule has 2 atom stereocenters. The lowest BCUT2D eigenvalue weighted by molar-refractivity contribution is -0.384. The van der Waals surface area contributed by atoms with Gasteiger partial charge in [-0.3, -0.25) is 14.9 Å². The Balaban J connectivity index is 1.45. The van der Waals surface area contributed by atoms with Gasteiger partial charge in [0, 0.05) is 41.4 Å². The molecule has 5 rings (SSSR count). The van der Waals surface area contributed by atoms with Gasteiger partial charge in [0.25, 0.3) is 5.69 Å². The van der Waals surface area contributed by atoms with Crippen LogP contribution in [-0.4, -0.2) is 29.9 Å². The van der Waals surface area contributed by atoms with Crippen LogP contribution in [0.15, 0.2) is 107 Å². The fraction of sp³-hybridized carbons (Fsp3) is 0.226. The number of allylic oxidation sites excluding steroid dienone is 3. The number of carbonyl (C=O) groups excluding carboxylic acids is 2. The van der Waals surface area contributed by atoms with Gasteiger partial charge in [-0.1, -0.05) is 60.7 Å². The van der Waals surface area contributed by atoms with Crippen LogP contribution in [0.2, 0.25) is 0 Å². The lowest BCUT2D eigenvalue weighted by Gasteiger charge is -2.36. The third kappa shape index (κ3) is 5.60. The number of esters is 1. The van der Waals surface area contributed by atoms with Crippen LogP contribution in [0.25, 0.3) is 0 Å². The lowest BCUT2D eigenvalue weighted by Crippen LogP contribution is -2.36. The molecule has 0 bridgehead atoms. The summed E-state index contributed by atoms with van der Waals surface area (Å²) in [7, 11) is 0. The Bertz CT molecular complexity index is 1460. The number of para-hydroxylation sites is 1. The second kappa shape index (κ2) is 11.3. The van der Waals surface area contributed by atoms with Gasteiger partial charge in [-0.05, 0) is 42.5 Å². The van der Waals surface area contributed by atoms with E-state index in [0.717, 1.165) is 11.3 Å². The Morgan fingerprint density at radius 3 is 2.36 bits per heavy atom. The Labute approximate surface area is 226 Å². The number of nitro groups is 1. The normalized spacial score (nSPS) is 18.7. The maximum Gasteiger partial charge on any atom is 0.336 e. The van der Waals surface area contributed by atoms with Crippen molar-refractivity contribution in [2.75, 3.05) is 13.2 Å². The number of nitrogens with one attached hydrogen (secondary N) is 1. The molecule has 198 valence electrons. The van der Waals surface area contributed by atoms with Gasteiger partial charge in [-0.15, -0.1) is 0 Å². The van der Waals surface area contributed by atoms with Crippen molar-refractivity contribution in [1.29, 1.82) is 0 Å². The Kier molecular flexibility index (Phi) is 7.54. The second-order valence-electron chi connectivity index (χ2n) is 9.58. The minimum atomic E-state index is -0.784. The molecule has 1 aliphatic heterocycles. The number of dihydropyridines is 1. The van der Waals surface area contributed by atoms with Crippen molar-refractivity contribution < 1.29 is 24.0 Å². The second-order valence-corrected chi connectivity index (χ2v) is 9.58. The molecular weight excluding hydrogens is 496 g/mol. The molecule has 0 aromatic heterocycles. The highest BCUT2D eigenvalue weighted by molar-refractivity contribution is 6.04. The van der Waals surface area contributed by atoms with Crippen LogP contribution in [-0.2, 0) is 14.3 Å². The van der Waals surface area contributed by atoms with E-state index in [9.17, 15) is 19.7 Å². The van der Waals surface area contributed by atoms with Crippen LogP contribution in [0.4, 0.5) is 5.69 Å². The van der Waals surface area contributed by atoms with Crippen molar-refractivity contribution >= 4 is 17.4 Å². The summed E-state index contributed by atoms with van der Waals surface area (Å²) in [6, 6.07) is 25.1. The zero-order valence-corrected chi connectivity index (χ0v) is 21.5. The molecule has 39 heavy (non-hydrogen) atoms. The highest BCUT2D eigenvalue weighted by Gasteiger charge is 2.41. The Hall–Kier alpha value is -4.72. The zero-order chi connectivity index (χ0) is 27.4. The maximum absolute atomic E-state index is 13.7. The molecule has 1 heterocycles. The molecule has 0 spiro atoms. The minimum absolute atomic E-state index is 0.00208. The molecule has 2 aliphatic rings. The highest BCUT2D eigenvalue weighted by atomic mass is 16.6. The van der Waals surface area contributed by atoms with Gasteiger partial charge in [-0.2, -0.15) is 0 Å². The summed E-state index contributed by atoms with van der Waals surface area (Å²) < 4.78 is 11.2. The van der Waals surface area contributed by atoms with Crippen LogP contribution in [0, 0.1) is 10.1 Å². The SMILES string of the molecule is CC1=C(C(=O)OCCOc2ccccc2)[C@@H](c2cccc([N+](=O)[O-])c2)C2=C(C[C@H](c3ccccc3)CC2=O)N1. The number of non-ortho nitro benzene ring substituents is 1. The van der Waals surface area contributed by atoms with Gasteiger partial charge in [-0.25, -0.2) is 4.79 Å². The number of benzene rings is 3. The van der Waals surface area contributed by atoms with E-state index >= 15 is 0 Å². The number of carbonyl (C=O) groups is 2. The van der Waals surface area contributed by atoms with E-state index in [2.05, 4.69) is 5.32 Å². The summed E-state index contributed by atoms with van der Waals surface area (Å²) in [6.45, 7) is 1.92. The summed E-state index contributed by atoms with van der Waals surface area (Å²) in [5.74, 6) is -0.828. The molecule has 0 unspecified atom stereocenters. The Morgan fingerprint density at radius 2 is 1.64 bits per heavy atom. The predicted octanol–water partition coefficient (Wildman–Crippen LogP) is 5.58. The first kappa shape index (κ1) is 25.9. The van der Waals surface area contributed by atoms with Crippen molar-refractivity contribution in [3.8, 4) is 5.75 Å². The minimum Gasteiger partial charge on any atom is -0.490 e. The molecule has 1 aliphatic carbocycles. The average Bonchev–Trinajstić information content (AvgIpc) is 2.95. The van der Waals surface area contributed by atoms with Crippen LogP contribution in [0.5, 0.6) is 5.75 Å². The quantitative estimate of drug-likeness (QED) is 0.177. The van der Waals surface area contributed by atoms with Crippen LogP contribution < -0.4 is 10.1 Å². The van der Waals surface area contributed by atoms with Crippen molar-refractivity contribution in [2.24, 2.45) is 0 Å². The summed E-state index contributed by atoms with van der Waals surface area (Å²) in [5.41, 5.74) is 3.47. The van der Waals surface area contributed by atoms with Crippen molar-refractivity contribution in [3.05, 3.63) is 129 Å². The molecule has 3 aromatic carbocycles. The van der Waals surface area contributed by atoms with Crippen molar-refractivity contribution in [1.82, 2.24) is 5.32 Å². The standard InChI is InChI=1S/C31H28N2O6/c1-20-28(31(35)39-16-15-38-25-13-6-3-7-14-25)29(22-11-8-12-24(17-22)33(36)37)30-26(32-20)18-23(19-27(30)34)21-9-4-2-5-10-21/h2-14,17,23,29,32H,15-16,18-19H2,1H3/t23-,29+/m0/s1. The van der Waals surface area contributed by atoms with Crippen molar-refractivity contribution in [2.45, 2.75) is 31.6 Å². The number of nitro benzene ring substituents is 1. The van der Waals surface area contributed by atoms with E-state index < -0.39 is 16.8 Å². The summed E-state index contributed by atoms with van der Waals surface area (Å²) in [5, 5.41) is 14.9. The molecule has 0 amide bonds. The monoisotopic (exact) mass is 524 g/mol. The van der Waals surface area contributed by atoms with E-state index in [1.54, 1.807) is 19.1 Å². The van der Waals surface area contributed by atoms with E-state index in [-0.39, 0.29) is 42.6 Å². The number of hydrogen-bond donors (Lipinski definition) is 1. The summed E-state index contributed by atoms with van der Waals surface area (Å²) in [6.07, 6.45) is 0.864. The third-order valence-electron chi connectivity index (χ3n) is 7.06. The number of Topliss-reactive ketones (excluding diaryl/α,β-unsaturated/α-hetero) is 1. The molecule has 8 heteroatoms. The van der Waals surface area contributed by atoms with E-state index in [4.69, 9.17) is 9.47 Å². The molecule has 0 radical (unpaired) electrons. The Morgan fingerprint density at radius 1 is 0.949 bits per heavy atom. The fourth-order valence-corrected chi connectivity index (χ4v) is 5.31. The van der Waals surface area contributed by atoms with Gasteiger partial charge in [0.05, 0.1) is 10.5 Å². The molecule has 0 saturated heterocycles. The first-order chi connectivity index (χ1) is 18.9. The number of nitrogens with zero attached hydrogens (tertiary/aromatic N) is 1. The lowest BCUT2D eigenvalue weighted by atomic mass is 9.71. The first-order valence-electron chi connectivity index (χ1n) is 12.8. The van der Waals surface area contributed by atoms with E-state index in [0.29, 0.717) is 29.0 Å². The molecule has 1 N–H and O–H groups in total. The zero-order valence-electron chi connectivity index (χ0n) is 21.5. The van der Waals surface area contributed by atoms with Crippen LogP contribution >= 0.6 is 0 Å². The average molecular weight is 525 g/mol. The van der Waals surface area contributed by atoms with Gasteiger partial charge in [0.2, 0.25) is 0 Å². The van der Waals surface area contributed by atoms with Crippen molar-refractivity contribution in [3.63, 3.8) is 0 Å². The number of rotatable bonds is 8. The van der Waals surface area contributed by atoms with E-state index in [1.807, 2.05) is 60.7 Å². The highest BCUT2D eigenvalue weighted by Crippen LogP contribution is 2.46. The first-order valence-corrected chi connectivity index (χ1v) is 12.8. The van der Waals surface area contributed by atoms with Crippen LogP contribution in [0.1, 0.15) is 42.7 Å². The molecule has 8 nitrogen and oxygen atoms in total. The molecular formula is C31H28N2O6. The van der Waals surface area contributed by atoms with Gasteiger partial charge >= 0.3 is 5.97 Å². The van der Waals surface area contributed by atoms with E-state index in [1.165, 1.54) is 12.1 Å². The van der Waals surface area contributed by atoms with Gasteiger partial charge in [0.15, 0.2) is 5.78 Å². The van der Waals surface area contributed by atoms with Gasteiger partial charge in [0.1, 0.15) is 19.0 Å². The topological polar surface area (TPSA) is 108 Å². The third-order valence-corrected chi connectivity index (χ3v) is 7.06. The van der Waals surface area contributed by atoms with Gasteiger partial charge < -0.3 is 14.8 Å². The largest absolute Gasteiger partial charge is 0.490 e. The number of ketones is 1. The molecule has 3 aromatic rings. The fourth-order valence-electron chi connectivity index (χ4n) is 5.31. The number of ether oxygens (including phenoxy) is 2. The molecule has 0 saturated carbocycles. The predicted molar refractivity (Wildman–Crippen MR) is 145 cm³/mol. The summed E-state index contributed by atoms with van der Waals surface area (Å²) >= 11 is 0. The molecule has 0 fully saturated rings. The number of hydrogen-bond acceptors (Lipinski definition) is 7. The summed E-state index contributed by atoms with van der Waals surface area (Å²) in [4.78, 5) is 38.2.